The second kappa shape index (κ2) is 18.5. The van der Waals surface area contributed by atoms with E-state index in [2.05, 4.69) is 5.32 Å². The van der Waals surface area contributed by atoms with E-state index in [1.165, 1.54) is 0 Å². The summed E-state index contributed by atoms with van der Waals surface area (Å²) < 4.78 is 12.9. The number of carbonyl (C=O) groups is 2. The van der Waals surface area contributed by atoms with Crippen LogP contribution in [0.1, 0.15) is 91.3 Å². The van der Waals surface area contributed by atoms with E-state index in [-0.39, 0.29) is 36.9 Å². The van der Waals surface area contributed by atoms with Gasteiger partial charge < -0.3 is 35.0 Å². The van der Waals surface area contributed by atoms with E-state index in [0.717, 1.165) is 41.5 Å². The van der Waals surface area contributed by atoms with E-state index in [1.54, 1.807) is 29.7 Å². The summed E-state index contributed by atoms with van der Waals surface area (Å²) in [7, 11) is 1.92. The van der Waals surface area contributed by atoms with Gasteiger partial charge >= 0.3 is 0 Å². The molecule has 47 heavy (non-hydrogen) atoms. The summed E-state index contributed by atoms with van der Waals surface area (Å²) in [5.41, 5.74) is 5.86. The molecular weight excluding hydrogens is 602 g/mol. The fraction of sp³-hybridized carbons (Fsp3) is 0.444. The minimum Gasteiger partial charge on any atom is -0.508 e. The maximum Gasteiger partial charge on any atom is 0.243 e. The molecule has 1 heterocycles. The maximum atomic E-state index is 12.3. The van der Waals surface area contributed by atoms with Crippen molar-refractivity contribution in [3.63, 3.8) is 0 Å². The molecule has 1 aliphatic heterocycles. The number of hydroxylamine groups is 1. The van der Waals surface area contributed by atoms with Crippen LogP contribution in [0.25, 0.3) is 0 Å². The van der Waals surface area contributed by atoms with Gasteiger partial charge in [-0.1, -0.05) is 73.5 Å². The molecule has 11 heteroatoms. The zero-order chi connectivity index (χ0) is 33.6. The van der Waals surface area contributed by atoms with Crippen molar-refractivity contribution in [2.45, 2.75) is 82.7 Å². The summed E-state index contributed by atoms with van der Waals surface area (Å²) in [5, 5.41) is 41.5. The summed E-state index contributed by atoms with van der Waals surface area (Å²) in [6, 6.07) is 22.1. The monoisotopic (exact) mass is 649 g/mol. The van der Waals surface area contributed by atoms with Crippen LogP contribution in [0.5, 0.6) is 5.75 Å². The van der Waals surface area contributed by atoms with Crippen LogP contribution < -0.4 is 10.8 Å². The van der Waals surface area contributed by atoms with Gasteiger partial charge in [0.2, 0.25) is 11.8 Å². The first kappa shape index (κ1) is 36.0. The topological polar surface area (TPSA) is 161 Å². The van der Waals surface area contributed by atoms with Crippen molar-refractivity contribution >= 4 is 11.8 Å². The number of ether oxygens (including phenoxy) is 2. The molecule has 0 saturated carbocycles. The Labute approximate surface area is 276 Å². The van der Waals surface area contributed by atoms with Gasteiger partial charge in [-0.3, -0.25) is 14.8 Å². The third-order valence-corrected chi connectivity index (χ3v) is 8.29. The number of likely N-dealkylation sites (N-methyl/N-ethyl adjacent to an activating group) is 1. The number of nitrogens with zero attached hydrogens (tertiary/aromatic N) is 1. The zero-order valence-electron chi connectivity index (χ0n) is 26.9. The van der Waals surface area contributed by atoms with E-state index in [4.69, 9.17) is 14.7 Å². The fourth-order valence-corrected chi connectivity index (χ4v) is 5.65. The summed E-state index contributed by atoms with van der Waals surface area (Å²) in [6.07, 6.45) is 2.49. The van der Waals surface area contributed by atoms with E-state index in [0.29, 0.717) is 44.5 Å². The number of nitrogens with one attached hydrogen (secondary N) is 2. The number of phenols is 1. The van der Waals surface area contributed by atoms with Gasteiger partial charge in [-0.05, 0) is 54.3 Å². The molecule has 0 aromatic heterocycles. The maximum absolute atomic E-state index is 12.3. The molecule has 11 nitrogen and oxygen atoms in total. The SMILES string of the molecule is CN(C[C@H]1C[C@@H](c2ccc(CO)cc2)O[C@@H](c2ccc(CNC(=O)CCCCCCC(=O)NO)cc2)O1)C[C@@H](O)c1cccc(O)c1. The number of rotatable bonds is 17. The average molecular weight is 650 g/mol. The Morgan fingerprint density at radius 3 is 2.21 bits per heavy atom. The van der Waals surface area contributed by atoms with Gasteiger partial charge in [0.15, 0.2) is 6.29 Å². The number of hydrogen-bond donors (Lipinski definition) is 6. The van der Waals surface area contributed by atoms with E-state index < -0.39 is 18.3 Å². The minimum absolute atomic E-state index is 0.0303. The number of aliphatic hydroxyl groups excluding tert-OH is 2. The van der Waals surface area contributed by atoms with Crippen molar-refractivity contribution in [3.8, 4) is 5.75 Å². The molecule has 4 rings (SSSR count). The van der Waals surface area contributed by atoms with Crippen molar-refractivity contribution in [3.05, 3.63) is 101 Å². The Balaban J connectivity index is 1.33. The largest absolute Gasteiger partial charge is 0.508 e. The lowest BCUT2D eigenvalue weighted by Crippen LogP contribution is -2.39. The number of aliphatic hydroxyl groups is 2. The smallest absolute Gasteiger partial charge is 0.243 e. The molecule has 1 aliphatic rings. The van der Waals surface area contributed by atoms with E-state index in [1.807, 2.05) is 60.5 Å². The molecule has 254 valence electrons. The van der Waals surface area contributed by atoms with E-state index in [9.17, 15) is 24.9 Å². The van der Waals surface area contributed by atoms with Crippen molar-refractivity contribution in [2.24, 2.45) is 0 Å². The summed E-state index contributed by atoms with van der Waals surface area (Å²) in [5.74, 6) is -0.314. The van der Waals surface area contributed by atoms with Gasteiger partial charge in [0.25, 0.3) is 0 Å². The van der Waals surface area contributed by atoms with Gasteiger partial charge in [0.1, 0.15) is 5.75 Å². The highest BCUT2D eigenvalue weighted by molar-refractivity contribution is 5.75. The van der Waals surface area contributed by atoms with Crippen LogP contribution in [0.3, 0.4) is 0 Å². The number of benzene rings is 3. The minimum atomic E-state index is -0.773. The Bertz CT molecular complexity index is 1400. The molecule has 0 radical (unpaired) electrons. The predicted molar refractivity (Wildman–Crippen MR) is 175 cm³/mol. The van der Waals surface area contributed by atoms with Crippen molar-refractivity contribution in [2.75, 3.05) is 20.1 Å². The Hall–Kier alpha value is -3.84. The molecule has 1 saturated heterocycles. The lowest BCUT2D eigenvalue weighted by atomic mass is 9.99. The molecule has 3 aromatic rings. The lowest BCUT2D eigenvalue weighted by Gasteiger charge is -2.38. The second-order valence-electron chi connectivity index (χ2n) is 12.1. The summed E-state index contributed by atoms with van der Waals surface area (Å²) >= 11 is 0. The highest BCUT2D eigenvalue weighted by Gasteiger charge is 2.33. The quantitative estimate of drug-likeness (QED) is 0.0700. The molecule has 3 aromatic carbocycles. The number of phenolic OH excluding ortho intramolecular Hbond substituents is 1. The Kier molecular flexibility index (Phi) is 14.2. The standard InChI is InChI=1S/C36H47N3O8/c1-39(23-32(42)29-7-6-8-30(41)19-29)22-31-20-33(27-15-13-26(24-40)14-16-27)47-36(46-31)28-17-11-25(12-18-28)21-37-34(43)9-4-2-3-5-10-35(44)38-45/h6-8,11-19,31-33,36,40-42,45H,2-5,9-10,20-24H2,1H3,(H,37,43)(H,38,44)/t31-,32-,33+,36+/m1/s1. The van der Waals surface area contributed by atoms with Crippen LogP contribution >= 0.6 is 0 Å². The van der Waals surface area contributed by atoms with Gasteiger partial charge in [0, 0.05) is 44.5 Å². The predicted octanol–water partition coefficient (Wildman–Crippen LogP) is 4.56. The zero-order valence-corrected chi connectivity index (χ0v) is 26.9. The number of carbonyl (C=O) groups excluding carboxylic acids is 2. The molecule has 0 aliphatic carbocycles. The molecule has 1 fully saturated rings. The summed E-state index contributed by atoms with van der Waals surface area (Å²) in [4.78, 5) is 25.4. The van der Waals surface area contributed by atoms with Gasteiger partial charge in [-0.25, -0.2) is 5.48 Å². The first-order chi connectivity index (χ1) is 22.7. The van der Waals surface area contributed by atoms with Crippen LogP contribution in [0.2, 0.25) is 0 Å². The number of unbranched alkanes of at least 4 members (excludes halogenated alkanes) is 3. The van der Waals surface area contributed by atoms with Gasteiger partial charge in [-0.2, -0.15) is 0 Å². The highest BCUT2D eigenvalue weighted by atomic mass is 16.7. The van der Waals surface area contributed by atoms with Crippen molar-refractivity contribution in [1.29, 1.82) is 0 Å². The van der Waals surface area contributed by atoms with Crippen LogP contribution in [0.4, 0.5) is 0 Å². The van der Waals surface area contributed by atoms with Crippen LogP contribution in [-0.4, -0.2) is 63.5 Å². The van der Waals surface area contributed by atoms with Crippen LogP contribution in [0, 0.1) is 0 Å². The number of amides is 2. The molecule has 0 spiro atoms. The second-order valence-corrected chi connectivity index (χ2v) is 12.1. The number of aromatic hydroxyl groups is 1. The molecule has 4 atom stereocenters. The fourth-order valence-electron chi connectivity index (χ4n) is 5.65. The first-order valence-corrected chi connectivity index (χ1v) is 16.2. The van der Waals surface area contributed by atoms with Gasteiger partial charge in [0.05, 0.1) is 24.9 Å². The van der Waals surface area contributed by atoms with Crippen molar-refractivity contribution < 1.29 is 39.6 Å². The van der Waals surface area contributed by atoms with Crippen LogP contribution in [0.15, 0.2) is 72.8 Å². The lowest BCUT2D eigenvalue weighted by molar-refractivity contribution is -0.252. The normalized spacial score (nSPS) is 18.5. The average Bonchev–Trinajstić information content (AvgIpc) is 3.08. The third kappa shape index (κ3) is 11.7. The van der Waals surface area contributed by atoms with Crippen LogP contribution in [-0.2, 0) is 32.2 Å². The Morgan fingerprint density at radius 2 is 1.55 bits per heavy atom. The molecule has 6 N–H and O–H groups in total. The summed E-state index contributed by atoms with van der Waals surface area (Å²) in [6.45, 7) is 1.27. The Morgan fingerprint density at radius 1 is 0.894 bits per heavy atom. The molecule has 0 bridgehead atoms. The molecular formula is C36H47N3O8. The third-order valence-electron chi connectivity index (χ3n) is 8.29. The first-order valence-electron chi connectivity index (χ1n) is 16.2. The van der Waals surface area contributed by atoms with Gasteiger partial charge in [-0.15, -0.1) is 0 Å². The molecule has 2 amide bonds. The highest BCUT2D eigenvalue weighted by Crippen LogP contribution is 2.38. The van der Waals surface area contributed by atoms with Crippen molar-refractivity contribution in [1.82, 2.24) is 15.7 Å². The molecule has 0 unspecified atom stereocenters. The number of hydrogen-bond acceptors (Lipinski definition) is 9. The van der Waals surface area contributed by atoms with E-state index >= 15 is 0 Å².